The normalized spacial score (nSPS) is 9.94. The van der Waals surface area contributed by atoms with Crippen LogP contribution in [0.4, 0.5) is 8.78 Å². The van der Waals surface area contributed by atoms with Crippen LogP contribution in [0, 0.1) is 11.6 Å². The molecule has 0 heterocycles. The van der Waals surface area contributed by atoms with Crippen molar-refractivity contribution in [2.45, 2.75) is 13.3 Å². The molecule has 0 spiro atoms. The van der Waals surface area contributed by atoms with Crippen LogP contribution in [0.15, 0.2) is 18.2 Å². The molecule has 0 saturated heterocycles. The van der Waals surface area contributed by atoms with E-state index in [0.29, 0.717) is 0 Å². The molecular weight excluding hydrogens is 216 g/mol. The molecule has 1 aromatic carbocycles. The van der Waals surface area contributed by atoms with Crippen molar-refractivity contribution in [3.63, 3.8) is 0 Å². The SMILES string of the molecule is CC(=O)CNC(=O)Cc1cc(F)cc(F)c1. The van der Waals surface area contributed by atoms with Crippen molar-refractivity contribution in [2.24, 2.45) is 0 Å². The molecule has 86 valence electrons. The van der Waals surface area contributed by atoms with Gasteiger partial charge in [-0.15, -0.1) is 0 Å². The molecule has 0 fully saturated rings. The summed E-state index contributed by atoms with van der Waals surface area (Å²) in [5, 5.41) is 2.34. The van der Waals surface area contributed by atoms with Gasteiger partial charge in [0.05, 0.1) is 13.0 Å². The molecule has 0 aromatic heterocycles. The maximum atomic E-state index is 12.8. The van der Waals surface area contributed by atoms with E-state index in [1.54, 1.807) is 0 Å². The van der Waals surface area contributed by atoms with Gasteiger partial charge in [-0.1, -0.05) is 0 Å². The van der Waals surface area contributed by atoms with E-state index in [1.807, 2.05) is 0 Å². The molecular formula is C11H11F2NO2. The highest BCUT2D eigenvalue weighted by Crippen LogP contribution is 2.08. The first-order valence-electron chi connectivity index (χ1n) is 4.68. The molecule has 0 radical (unpaired) electrons. The highest BCUT2D eigenvalue weighted by atomic mass is 19.1. The van der Waals surface area contributed by atoms with Gasteiger partial charge in [0.2, 0.25) is 5.91 Å². The number of carbonyl (C=O) groups is 2. The third kappa shape index (κ3) is 4.16. The van der Waals surface area contributed by atoms with Gasteiger partial charge in [0, 0.05) is 6.07 Å². The molecule has 3 nitrogen and oxygen atoms in total. The first-order valence-corrected chi connectivity index (χ1v) is 4.68. The van der Waals surface area contributed by atoms with E-state index in [9.17, 15) is 18.4 Å². The van der Waals surface area contributed by atoms with E-state index in [0.717, 1.165) is 18.2 Å². The molecule has 16 heavy (non-hydrogen) atoms. The van der Waals surface area contributed by atoms with Gasteiger partial charge >= 0.3 is 0 Å². The third-order valence-electron chi connectivity index (χ3n) is 1.82. The fraction of sp³-hybridized carbons (Fsp3) is 0.273. The molecule has 0 aliphatic rings. The Hall–Kier alpha value is -1.78. The van der Waals surface area contributed by atoms with Crippen LogP contribution in [0.25, 0.3) is 0 Å². The second-order valence-electron chi connectivity index (χ2n) is 3.43. The van der Waals surface area contributed by atoms with Gasteiger partial charge in [0.25, 0.3) is 0 Å². The van der Waals surface area contributed by atoms with Gasteiger partial charge in [-0.25, -0.2) is 8.78 Å². The van der Waals surface area contributed by atoms with Gasteiger partial charge in [0.15, 0.2) is 0 Å². The fourth-order valence-electron chi connectivity index (χ4n) is 1.18. The molecule has 0 bridgehead atoms. The molecule has 0 saturated carbocycles. The molecule has 0 atom stereocenters. The number of hydrogen-bond donors (Lipinski definition) is 1. The minimum atomic E-state index is -0.727. The highest BCUT2D eigenvalue weighted by Gasteiger charge is 2.06. The summed E-state index contributed by atoms with van der Waals surface area (Å²) in [7, 11) is 0. The van der Waals surface area contributed by atoms with Crippen LogP contribution in [0.2, 0.25) is 0 Å². The molecule has 1 N–H and O–H groups in total. The Bertz CT molecular complexity index is 398. The number of hydrogen-bond acceptors (Lipinski definition) is 2. The van der Waals surface area contributed by atoms with Crippen molar-refractivity contribution in [3.8, 4) is 0 Å². The molecule has 0 aliphatic heterocycles. The minimum absolute atomic E-state index is 0.0728. The lowest BCUT2D eigenvalue weighted by Crippen LogP contribution is -2.29. The van der Waals surface area contributed by atoms with Crippen molar-refractivity contribution >= 4 is 11.7 Å². The quantitative estimate of drug-likeness (QED) is 0.840. The number of amides is 1. The average molecular weight is 227 g/mol. The van der Waals surface area contributed by atoms with Crippen molar-refractivity contribution < 1.29 is 18.4 Å². The predicted molar refractivity (Wildman–Crippen MR) is 53.8 cm³/mol. The topological polar surface area (TPSA) is 46.2 Å². The number of Topliss-reactive ketones (excluding diaryl/α,β-unsaturated/α-hetero) is 1. The van der Waals surface area contributed by atoms with E-state index in [4.69, 9.17) is 0 Å². The Labute approximate surface area is 91.5 Å². The zero-order valence-corrected chi connectivity index (χ0v) is 8.72. The summed E-state index contributed by atoms with van der Waals surface area (Å²) in [5.41, 5.74) is 0.235. The van der Waals surface area contributed by atoms with E-state index in [2.05, 4.69) is 5.32 Å². The van der Waals surface area contributed by atoms with Crippen LogP contribution in [0.3, 0.4) is 0 Å². The van der Waals surface area contributed by atoms with Crippen LogP contribution in [0.1, 0.15) is 12.5 Å². The zero-order valence-electron chi connectivity index (χ0n) is 8.72. The van der Waals surface area contributed by atoms with Gasteiger partial charge in [-0.3, -0.25) is 9.59 Å². The van der Waals surface area contributed by atoms with Crippen LogP contribution < -0.4 is 5.32 Å². The maximum Gasteiger partial charge on any atom is 0.224 e. The van der Waals surface area contributed by atoms with Crippen molar-refractivity contribution in [2.75, 3.05) is 6.54 Å². The lowest BCUT2D eigenvalue weighted by atomic mass is 10.1. The van der Waals surface area contributed by atoms with Gasteiger partial charge in [-0.2, -0.15) is 0 Å². The number of ketones is 1. The molecule has 5 heteroatoms. The lowest BCUT2D eigenvalue weighted by molar-refractivity contribution is -0.124. The first-order chi connectivity index (χ1) is 7.47. The summed E-state index contributed by atoms with van der Waals surface area (Å²) in [6.45, 7) is 1.26. The number of halogens is 2. The number of nitrogens with one attached hydrogen (secondary N) is 1. The Morgan fingerprint density at radius 3 is 2.25 bits per heavy atom. The zero-order chi connectivity index (χ0) is 12.1. The summed E-state index contributed by atoms with van der Waals surface area (Å²) < 4.78 is 25.5. The van der Waals surface area contributed by atoms with Crippen LogP contribution in [0.5, 0.6) is 0 Å². The average Bonchev–Trinajstić information content (AvgIpc) is 2.12. The van der Waals surface area contributed by atoms with Crippen molar-refractivity contribution in [3.05, 3.63) is 35.4 Å². The number of carbonyl (C=O) groups excluding carboxylic acids is 2. The second kappa shape index (κ2) is 5.34. The first kappa shape index (κ1) is 12.3. The minimum Gasteiger partial charge on any atom is -0.349 e. The highest BCUT2D eigenvalue weighted by molar-refractivity contribution is 5.85. The molecule has 1 aromatic rings. The molecule has 0 unspecified atom stereocenters. The smallest absolute Gasteiger partial charge is 0.224 e. The molecule has 1 rings (SSSR count). The molecule has 0 aliphatic carbocycles. The van der Waals surface area contributed by atoms with Crippen LogP contribution in [-0.2, 0) is 16.0 Å². The Balaban J connectivity index is 2.59. The van der Waals surface area contributed by atoms with Gasteiger partial charge in [-0.05, 0) is 24.6 Å². The van der Waals surface area contributed by atoms with E-state index in [-0.39, 0.29) is 24.3 Å². The number of benzene rings is 1. The maximum absolute atomic E-state index is 12.8. The largest absolute Gasteiger partial charge is 0.349 e. The third-order valence-corrected chi connectivity index (χ3v) is 1.82. The Morgan fingerprint density at radius 1 is 1.19 bits per heavy atom. The summed E-state index contributed by atoms with van der Waals surface area (Å²) in [5.74, 6) is -2.08. The van der Waals surface area contributed by atoms with Gasteiger partial charge < -0.3 is 5.32 Å². The summed E-state index contributed by atoms with van der Waals surface area (Å²) >= 11 is 0. The Morgan fingerprint density at radius 2 is 1.75 bits per heavy atom. The fourth-order valence-corrected chi connectivity index (χ4v) is 1.18. The van der Waals surface area contributed by atoms with E-state index >= 15 is 0 Å². The summed E-state index contributed by atoms with van der Waals surface area (Å²) in [4.78, 5) is 21.8. The van der Waals surface area contributed by atoms with Gasteiger partial charge in [0.1, 0.15) is 17.4 Å². The number of rotatable bonds is 4. The van der Waals surface area contributed by atoms with Crippen LogP contribution >= 0.6 is 0 Å². The van der Waals surface area contributed by atoms with E-state index in [1.165, 1.54) is 6.92 Å². The van der Waals surface area contributed by atoms with E-state index < -0.39 is 17.5 Å². The van der Waals surface area contributed by atoms with Crippen molar-refractivity contribution in [1.29, 1.82) is 0 Å². The predicted octanol–water partition coefficient (Wildman–Crippen LogP) is 1.21. The Kier molecular flexibility index (Phi) is 4.10. The standard InChI is InChI=1S/C11H11F2NO2/c1-7(15)6-14-11(16)4-8-2-9(12)5-10(13)3-8/h2-3,5H,4,6H2,1H3,(H,14,16). The lowest BCUT2D eigenvalue weighted by Gasteiger charge is -2.03. The summed E-state index contributed by atoms with van der Waals surface area (Å²) in [6, 6.07) is 2.89. The summed E-state index contributed by atoms with van der Waals surface area (Å²) in [6.07, 6.45) is -0.151. The van der Waals surface area contributed by atoms with Crippen molar-refractivity contribution in [1.82, 2.24) is 5.32 Å². The second-order valence-corrected chi connectivity index (χ2v) is 3.43. The monoisotopic (exact) mass is 227 g/mol. The van der Waals surface area contributed by atoms with Crippen LogP contribution in [-0.4, -0.2) is 18.2 Å². The molecule has 1 amide bonds.